The van der Waals surface area contributed by atoms with Crippen molar-refractivity contribution in [3.05, 3.63) is 89.7 Å². The summed E-state index contributed by atoms with van der Waals surface area (Å²) in [7, 11) is 0. The average molecular weight is 298 g/mol. The minimum Gasteiger partial charge on any atom is -0.309 e. The number of para-hydroxylation sites is 2. The summed E-state index contributed by atoms with van der Waals surface area (Å²) in [4.78, 5) is 1.94. The Hall–Kier alpha value is -2.32. The molecule has 0 N–H and O–H groups in total. The molecule has 0 radical (unpaired) electrons. The predicted octanol–water partition coefficient (Wildman–Crippen LogP) is 5.95. The van der Waals surface area contributed by atoms with Crippen LogP contribution in [0, 0.1) is 5.82 Å². The van der Waals surface area contributed by atoms with Crippen molar-refractivity contribution in [3.63, 3.8) is 0 Å². The fraction of sp³-hybridized carbons (Fsp3) is 0. The van der Waals surface area contributed by atoms with E-state index < -0.39 is 5.82 Å². The summed E-state index contributed by atoms with van der Waals surface area (Å²) in [5.41, 5.74) is 2.47. The second kappa shape index (κ2) is 5.98. The minimum atomic E-state index is -0.425. The summed E-state index contributed by atoms with van der Waals surface area (Å²) < 4.78 is 13.8. The Bertz CT molecular complexity index is 689. The molecule has 0 bridgehead atoms. The Kier molecular flexibility index (Phi) is 3.89. The van der Waals surface area contributed by atoms with Gasteiger partial charge in [-0.3, -0.25) is 0 Å². The van der Waals surface area contributed by atoms with Crippen LogP contribution in [0.1, 0.15) is 0 Å². The number of benzene rings is 3. The molecule has 3 aromatic rings. The van der Waals surface area contributed by atoms with Crippen molar-refractivity contribution in [2.45, 2.75) is 0 Å². The first-order valence-electron chi connectivity index (χ1n) is 6.61. The van der Waals surface area contributed by atoms with Crippen molar-refractivity contribution in [1.29, 1.82) is 0 Å². The first-order chi connectivity index (χ1) is 10.3. The fourth-order valence-electron chi connectivity index (χ4n) is 2.25. The van der Waals surface area contributed by atoms with Crippen molar-refractivity contribution >= 4 is 28.7 Å². The van der Waals surface area contributed by atoms with Gasteiger partial charge in [0.25, 0.3) is 0 Å². The van der Waals surface area contributed by atoms with Gasteiger partial charge in [0, 0.05) is 11.4 Å². The fourth-order valence-corrected chi connectivity index (χ4v) is 2.46. The topological polar surface area (TPSA) is 3.24 Å². The summed E-state index contributed by atoms with van der Waals surface area (Å²) >= 11 is 6.17. The quantitative estimate of drug-likeness (QED) is 0.577. The van der Waals surface area contributed by atoms with E-state index in [0.717, 1.165) is 11.4 Å². The van der Waals surface area contributed by atoms with E-state index in [1.54, 1.807) is 6.07 Å². The highest BCUT2D eigenvalue weighted by Crippen LogP contribution is 2.39. The van der Waals surface area contributed by atoms with Crippen molar-refractivity contribution in [2.24, 2.45) is 0 Å². The van der Waals surface area contributed by atoms with Crippen LogP contribution in [0.25, 0.3) is 0 Å². The van der Waals surface area contributed by atoms with Crippen LogP contribution in [0.2, 0.25) is 5.02 Å². The lowest BCUT2D eigenvalue weighted by atomic mass is 10.2. The molecule has 3 aromatic carbocycles. The van der Waals surface area contributed by atoms with E-state index in [-0.39, 0.29) is 5.02 Å². The molecule has 0 fully saturated rings. The maximum atomic E-state index is 13.8. The normalized spacial score (nSPS) is 10.4. The molecule has 0 saturated carbocycles. The monoisotopic (exact) mass is 297 g/mol. The van der Waals surface area contributed by atoms with Crippen LogP contribution in [0.5, 0.6) is 0 Å². The summed E-state index contributed by atoms with van der Waals surface area (Å²) in [5, 5.41) is 0.116. The number of anilines is 3. The standard InChI is InChI=1S/C18H13ClFN/c19-18-16(20)12-7-13-17(18)21(14-8-3-1-4-9-14)15-10-5-2-6-11-15/h1-13H. The Morgan fingerprint density at radius 2 is 1.19 bits per heavy atom. The molecule has 1 nitrogen and oxygen atoms in total. The second-order valence-electron chi connectivity index (χ2n) is 4.58. The molecule has 104 valence electrons. The lowest BCUT2D eigenvalue weighted by Crippen LogP contribution is -2.10. The van der Waals surface area contributed by atoms with Gasteiger partial charge in [-0.1, -0.05) is 54.1 Å². The smallest absolute Gasteiger partial charge is 0.143 e. The zero-order valence-electron chi connectivity index (χ0n) is 11.2. The summed E-state index contributed by atoms with van der Waals surface area (Å²) in [6.45, 7) is 0. The van der Waals surface area contributed by atoms with Gasteiger partial charge in [-0.05, 0) is 36.4 Å². The van der Waals surface area contributed by atoms with Crippen LogP contribution >= 0.6 is 11.6 Å². The Morgan fingerprint density at radius 1 is 0.667 bits per heavy atom. The third kappa shape index (κ3) is 2.76. The van der Waals surface area contributed by atoms with E-state index in [2.05, 4.69) is 0 Å². The van der Waals surface area contributed by atoms with E-state index in [4.69, 9.17) is 11.6 Å². The first kappa shape index (κ1) is 13.7. The van der Waals surface area contributed by atoms with Crippen LogP contribution in [0.3, 0.4) is 0 Å². The summed E-state index contributed by atoms with van der Waals surface area (Å²) in [5.74, 6) is -0.425. The number of hydrogen-bond acceptors (Lipinski definition) is 1. The Morgan fingerprint density at radius 3 is 1.71 bits per heavy atom. The van der Waals surface area contributed by atoms with Gasteiger partial charge in [0.05, 0.1) is 5.69 Å². The van der Waals surface area contributed by atoms with Gasteiger partial charge in [-0.25, -0.2) is 4.39 Å². The van der Waals surface area contributed by atoms with Crippen molar-refractivity contribution in [2.75, 3.05) is 4.90 Å². The van der Waals surface area contributed by atoms with E-state index >= 15 is 0 Å². The lowest BCUT2D eigenvalue weighted by Gasteiger charge is -2.26. The first-order valence-corrected chi connectivity index (χ1v) is 6.99. The summed E-state index contributed by atoms with van der Waals surface area (Å²) in [6, 6.07) is 24.4. The van der Waals surface area contributed by atoms with Crippen LogP contribution in [-0.4, -0.2) is 0 Å². The largest absolute Gasteiger partial charge is 0.309 e. The van der Waals surface area contributed by atoms with Gasteiger partial charge in [0.2, 0.25) is 0 Å². The van der Waals surface area contributed by atoms with E-state index in [1.165, 1.54) is 6.07 Å². The molecule has 0 saturated heterocycles. The molecule has 0 spiro atoms. The maximum Gasteiger partial charge on any atom is 0.143 e. The van der Waals surface area contributed by atoms with Crippen molar-refractivity contribution in [1.82, 2.24) is 0 Å². The van der Waals surface area contributed by atoms with Crippen molar-refractivity contribution in [3.8, 4) is 0 Å². The number of rotatable bonds is 3. The van der Waals surface area contributed by atoms with Crippen LogP contribution in [0.15, 0.2) is 78.9 Å². The summed E-state index contributed by atoms with van der Waals surface area (Å²) in [6.07, 6.45) is 0. The van der Waals surface area contributed by atoms with Gasteiger partial charge in [0.1, 0.15) is 10.8 Å². The second-order valence-corrected chi connectivity index (χ2v) is 4.96. The number of nitrogens with zero attached hydrogens (tertiary/aromatic N) is 1. The molecular weight excluding hydrogens is 285 g/mol. The zero-order valence-corrected chi connectivity index (χ0v) is 12.0. The van der Waals surface area contributed by atoms with E-state index in [9.17, 15) is 4.39 Å². The predicted molar refractivity (Wildman–Crippen MR) is 86.1 cm³/mol. The van der Waals surface area contributed by atoms with Gasteiger partial charge >= 0.3 is 0 Å². The minimum absolute atomic E-state index is 0.116. The zero-order chi connectivity index (χ0) is 14.7. The molecule has 0 aliphatic rings. The molecule has 0 heterocycles. The van der Waals surface area contributed by atoms with Crippen LogP contribution in [0.4, 0.5) is 21.5 Å². The molecule has 0 unspecified atom stereocenters. The SMILES string of the molecule is Fc1cccc(N(c2ccccc2)c2ccccc2)c1Cl. The maximum absolute atomic E-state index is 13.8. The molecule has 3 heteroatoms. The lowest BCUT2D eigenvalue weighted by molar-refractivity contribution is 0.628. The highest BCUT2D eigenvalue weighted by Gasteiger charge is 2.16. The third-order valence-electron chi connectivity index (χ3n) is 3.20. The molecule has 0 atom stereocenters. The average Bonchev–Trinajstić information content (AvgIpc) is 2.54. The molecule has 0 aliphatic heterocycles. The number of hydrogen-bond donors (Lipinski definition) is 0. The Labute approximate surface area is 128 Å². The van der Waals surface area contributed by atoms with Gasteiger partial charge in [-0.2, -0.15) is 0 Å². The molecular formula is C18H13ClFN. The van der Waals surface area contributed by atoms with Gasteiger partial charge in [0.15, 0.2) is 0 Å². The van der Waals surface area contributed by atoms with Crippen molar-refractivity contribution < 1.29 is 4.39 Å². The Balaban J connectivity index is 2.20. The molecule has 0 aliphatic carbocycles. The van der Waals surface area contributed by atoms with Crippen LogP contribution in [-0.2, 0) is 0 Å². The van der Waals surface area contributed by atoms with E-state index in [0.29, 0.717) is 5.69 Å². The van der Waals surface area contributed by atoms with Gasteiger partial charge < -0.3 is 4.90 Å². The number of halogens is 2. The molecule has 0 amide bonds. The van der Waals surface area contributed by atoms with Gasteiger partial charge in [-0.15, -0.1) is 0 Å². The van der Waals surface area contributed by atoms with E-state index in [1.807, 2.05) is 71.6 Å². The molecule has 21 heavy (non-hydrogen) atoms. The van der Waals surface area contributed by atoms with Crippen LogP contribution < -0.4 is 4.90 Å². The molecule has 0 aromatic heterocycles. The highest BCUT2D eigenvalue weighted by atomic mass is 35.5. The molecule has 3 rings (SSSR count). The third-order valence-corrected chi connectivity index (χ3v) is 3.58. The highest BCUT2D eigenvalue weighted by molar-refractivity contribution is 6.33.